The van der Waals surface area contributed by atoms with E-state index in [1.165, 1.54) is 0 Å². The first-order chi connectivity index (χ1) is 8.70. The Morgan fingerprint density at radius 2 is 2.06 bits per heavy atom. The number of nitrogens with zero attached hydrogens (tertiary/aromatic N) is 1. The number of benzene rings is 1. The summed E-state index contributed by atoms with van der Waals surface area (Å²) < 4.78 is 5.30. The molecule has 18 heavy (non-hydrogen) atoms. The van der Waals surface area contributed by atoms with E-state index >= 15 is 0 Å². The standard InChI is InChI=1S/C13H19N3O2/c1-18-12-5-3-2-4-11(12)15-10-6-8-16(9-7-10)13(14)17/h2-5,10,15H,6-9H2,1H3,(H2,14,17). The van der Waals surface area contributed by atoms with Crippen LogP contribution in [0.25, 0.3) is 0 Å². The van der Waals surface area contributed by atoms with Crippen molar-refractivity contribution in [1.82, 2.24) is 4.90 Å². The van der Waals surface area contributed by atoms with Crippen molar-refractivity contribution in [2.75, 3.05) is 25.5 Å². The van der Waals surface area contributed by atoms with Gasteiger partial charge < -0.3 is 20.7 Å². The van der Waals surface area contributed by atoms with Gasteiger partial charge in [-0.2, -0.15) is 0 Å². The predicted molar refractivity (Wildman–Crippen MR) is 70.8 cm³/mol. The molecule has 98 valence electrons. The van der Waals surface area contributed by atoms with Crippen LogP contribution in [0.5, 0.6) is 5.75 Å². The molecule has 2 rings (SSSR count). The Labute approximate surface area is 107 Å². The van der Waals surface area contributed by atoms with Crippen LogP contribution in [0, 0.1) is 0 Å². The van der Waals surface area contributed by atoms with E-state index in [0.29, 0.717) is 19.1 Å². The van der Waals surface area contributed by atoms with Gasteiger partial charge in [-0.05, 0) is 25.0 Å². The van der Waals surface area contributed by atoms with Gasteiger partial charge in [0, 0.05) is 19.1 Å². The molecule has 1 aliphatic heterocycles. The van der Waals surface area contributed by atoms with Crippen molar-refractivity contribution in [1.29, 1.82) is 0 Å². The number of ether oxygens (including phenoxy) is 1. The minimum absolute atomic E-state index is 0.328. The third-order valence-corrected chi connectivity index (χ3v) is 3.27. The SMILES string of the molecule is COc1ccccc1NC1CCN(C(N)=O)CC1. The second kappa shape index (κ2) is 5.62. The molecular formula is C13H19N3O2. The van der Waals surface area contributed by atoms with Crippen LogP contribution in [-0.4, -0.2) is 37.2 Å². The highest BCUT2D eigenvalue weighted by Gasteiger charge is 2.21. The third kappa shape index (κ3) is 2.85. The zero-order chi connectivity index (χ0) is 13.0. The third-order valence-electron chi connectivity index (χ3n) is 3.27. The van der Waals surface area contributed by atoms with Crippen LogP contribution in [0.2, 0.25) is 0 Å². The highest BCUT2D eigenvalue weighted by atomic mass is 16.5. The van der Waals surface area contributed by atoms with E-state index in [4.69, 9.17) is 10.5 Å². The lowest BCUT2D eigenvalue weighted by Crippen LogP contribution is -2.44. The number of rotatable bonds is 3. The molecule has 5 heteroatoms. The number of primary amides is 1. The van der Waals surface area contributed by atoms with E-state index in [9.17, 15) is 4.79 Å². The largest absolute Gasteiger partial charge is 0.495 e. The fraction of sp³-hybridized carbons (Fsp3) is 0.462. The summed E-state index contributed by atoms with van der Waals surface area (Å²) in [6.45, 7) is 1.42. The molecule has 1 saturated heterocycles. The monoisotopic (exact) mass is 249 g/mol. The summed E-state index contributed by atoms with van der Waals surface area (Å²) in [6, 6.07) is 7.88. The number of anilines is 1. The second-order valence-electron chi connectivity index (χ2n) is 4.44. The first-order valence-electron chi connectivity index (χ1n) is 6.14. The van der Waals surface area contributed by atoms with E-state index in [1.54, 1.807) is 12.0 Å². The maximum Gasteiger partial charge on any atom is 0.314 e. The number of piperidine rings is 1. The minimum Gasteiger partial charge on any atom is -0.495 e. The number of methoxy groups -OCH3 is 1. The molecule has 0 unspecified atom stereocenters. The molecule has 1 heterocycles. The number of likely N-dealkylation sites (tertiary alicyclic amines) is 1. The number of hydrogen-bond donors (Lipinski definition) is 2. The molecule has 0 aromatic heterocycles. The zero-order valence-electron chi connectivity index (χ0n) is 10.6. The van der Waals surface area contributed by atoms with Gasteiger partial charge in [0.15, 0.2) is 0 Å². The molecule has 0 radical (unpaired) electrons. The van der Waals surface area contributed by atoms with E-state index in [2.05, 4.69) is 5.32 Å². The second-order valence-corrected chi connectivity index (χ2v) is 4.44. The highest BCUT2D eigenvalue weighted by molar-refractivity contribution is 5.72. The van der Waals surface area contributed by atoms with Crippen molar-refractivity contribution < 1.29 is 9.53 Å². The minimum atomic E-state index is -0.328. The van der Waals surface area contributed by atoms with Crippen LogP contribution in [-0.2, 0) is 0 Å². The van der Waals surface area contributed by atoms with Gasteiger partial charge in [-0.1, -0.05) is 12.1 Å². The Kier molecular flexibility index (Phi) is 3.92. The fourth-order valence-corrected chi connectivity index (χ4v) is 2.23. The van der Waals surface area contributed by atoms with E-state index < -0.39 is 0 Å². The molecule has 2 amide bonds. The van der Waals surface area contributed by atoms with Crippen molar-refractivity contribution in [2.45, 2.75) is 18.9 Å². The summed E-state index contributed by atoms with van der Waals surface area (Å²) >= 11 is 0. The quantitative estimate of drug-likeness (QED) is 0.856. The smallest absolute Gasteiger partial charge is 0.314 e. The average molecular weight is 249 g/mol. The van der Waals surface area contributed by atoms with Crippen LogP contribution in [0.4, 0.5) is 10.5 Å². The van der Waals surface area contributed by atoms with Gasteiger partial charge in [-0.3, -0.25) is 0 Å². The van der Waals surface area contributed by atoms with Crippen LogP contribution in [0.15, 0.2) is 24.3 Å². The number of carbonyl (C=O) groups is 1. The van der Waals surface area contributed by atoms with Gasteiger partial charge in [0.2, 0.25) is 0 Å². The Balaban J connectivity index is 1.93. The lowest BCUT2D eigenvalue weighted by atomic mass is 10.0. The topological polar surface area (TPSA) is 67.6 Å². The lowest BCUT2D eigenvalue weighted by molar-refractivity contribution is 0.193. The molecule has 0 atom stereocenters. The number of carbonyl (C=O) groups excluding carboxylic acids is 1. The molecular weight excluding hydrogens is 230 g/mol. The van der Waals surface area contributed by atoms with Gasteiger partial charge in [0.25, 0.3) is 0 Å². The normalized spacial score (nSPS) is 16.4. The maximum absolute atomic E-state index is 11.0. The molecule has 0 saturated carbocycles. The molecule has 0 spiro atoms. The van der Waals surface area contributed by atoms with Gasteiger partial charge in [0.1, 0.15) is 5.75 Å². The highest BCUT2D eigenvalue weighted by Crippen LogP contribution is 2.25. The molecule has 1 aliphatic rings. The number of nitrogens with one attached hydrogen (secondary N) is 1. The van der Waals surface area contributed by atoms with Crippen LogP contribution in [0.1, 0.15) is 12.8 Å². The summed E-state index contributed by atoms with van der Waals surface area (Å²) in [5, 5.41) is 3.46. The van der Waals surface area contributed by atoms with Gasteiger partial charge >= 0.3 is 6.03 Å². The van der Waals surface area contributed by atoms with E-state index in [-0.39, 0.29) is 6.03 Å². The predicted octanol–water partition coefficient (Wildman–Crippen LogP) is 1.65. The molecule has 1 fully saturated rings. The van der Waals surface area contributed by atoms with Crippen LogP contribution < -0.4 is 15.8 Å². The summed E-state index contributed by atoms with van der Waals surface area (Å²) in [5.74, 6) is 0.842. The van der Waals surface area contributed by atoms with E-state index in [0.717, 1.165) is 24.3 Å². The lowest BCUT2D eigenvalue weighted by Gasteiger charge is -2.32. The molecule has 5 nitrogen and oxygen atoms in total. The fourth-order valence-electron chi connectivity index (χ4n) is 2.23. The summed E-state index contributed by atoms with van der Waals surface area (Å²) in [7, 11) is 1.66. The maximum atomic E-state index is 11.0. The van der Waals surface area contributed by atoms with Crippen LogP contribution >= 0.6 is 0 Å². The van der Waals surface area contributed by atoms with Gasteiger partial charge in [-0.15, -0.1) is 0 Å². The Morgan fingerprint density at radius 3 is 2.67 bits per heavy atom. The van der Waals surface area contributed by atoms with Gasteiger partial charge in [0.05, 0.1) is 12.8 Å². The van der Waals surface area contributed by atoms with Gasteiger partial charge in [-0.25, -0.2) is 4.79 Å². The average Bonchev–Trinajstić information content (AvgIpc) is 2.40. The molecule has 1 aromatic rings. The first kappa shape index (κ1) is 12.5. The number of hydrogen-bond acceptors (Lipinski definition) is 3. The Morgan fingerprint density at radius 1 is 1.39 bits per heavy atom. The Bertz CT molecular complexity index is 414. The number of nitrogens with two attached hydrogens (primary N) is 1. The van der Waals surface area contributed by atoms with Crippen molar-refractivity contribution in [3.05, 3.63) is 24.3 Å². The van der Waals surface area contributed by atoms with E-state index in [1.807, 2.05) is 24.3 Å². The zero-order valence-corrected chi connectivity index (χ0v) is 10.6. The van der Waals surface area contributed by atoms with Crippen molar-refractivity contribution >= 4 is 11.7 Å². The molecule has 1 aromatic carbocycles. The summed E-state index contributed by atoms with van der Waals surface area (Å²) in [4.78, 5) is 12.7. The number of urea groups is 1. The van der Waals surface area contributed by atoms with Crippen molar-refractivity contribution in [3.63, 3.8) is 0 Å². The summed E-state index contributed by atoms with van der Waals surface area (Å²) in [5.41, 5.74) is 6.26. The molecule has 0 aliphatic carbocycles. The first-order valence-corrected chi connectivity index (χ1v) is 6.14. The van der Waals surface area contributed by atoms with Crippen molar-refractivity contribution in [3.8, 4) is 5.75 Å². The number of amides is 2. The molecule has 3 N–H and O–H groups in total. The number of para-hydroxylation sites is 2. The van der Waals surface area contributed by atoms with Crippen molar-refractivity contribution in [2.24, 2.45) is 5.73 Å². The van der Waals surface area contributed by atoms with Crippen LogP contribution in [0.3, 0.4) is 0 Å². The molecule has 0 bridgehead atoms. The summed E-state index contributed by atoms with van der Waals surface area (Å²) in [6.07, 6.45) is 1.81. The Hall–Kier alpha value is -1.91.